The molecule has 0 radical (unpaired) electrons. The third-order valence-electron chi connectivity index (χ3n) is 3.27. The first kappa shape index (κ1) is 15.2. The third kappa shape index (κ3) is 3.20. The molecular weight excluding hydrogens is 314 g/mol. The highest BCUT2D eigenvalue weighted by molar-refractivity contribution is 7.99. The Hall–Kier alpha value is -1.73. The van der Waals surface area contributed by atoms with Crippen LogP contribution in [0.15, 0.2) is 34.6 Å². The molecule has 7 heteroatoms. The minimum atomic E-state index is 0.149. The Labute approximate surface area is 137 Å². The number of aromatic amines is 1. The van der Waals surface area contributed by atoms with Crippen molar-refractivity contribution in [2.45, 2.75) is 29.3 Å². The average Bonchev–Trinajstić information content (AvgIpc) is 2.85. The number of thioether (sulfide) groups is 2. The zero-order chi connectivity index (χ0) is 15.7. The monoisotopic (exact) mass is 331 g/mol. The van der Waals surface area contributed by atoms with E-state index < -0.39 is 0 Å². The number of anilines is 1. The molecule has 0 saturated heterocycles. The smallest absolute Gasteiger partial charge is 0.191 e. The van der Waals surface area contributed by atoms with Crippen molar-refractivity contribution in [1.29, 1.82) is 0 Å². The summed E-state index contributed by atoms with van der Waals surface area (Å²) in [5.74, 6) is 0.499. The normalized spacial score (nSPS) is 12.7. The van der Waals surface area contributed by atoms with Gasteiger partial charge in [0, 0.05) is 17.1 Å². The lowest BCUT2D eigenvalue weighted by molar-refractivity contribution is 0.888. The van der Waals surface area contributed by atoms with Gasteiger partial charge in [-0.2, -0.15) is 0 Å². The lowest BCUT2D eigenvalue weighted by Gasteiger charge is -2.10. The predicted molar refractivity (Wildman–Crippen MR) is 93.3 cm³/mol. The van der Waals surface area contributed by atoms with Gasteiger partial charge in [-0.3, -0.25) is 4.98 Å². The highest BCUT2D eigenvalue weighted by Crippen LogP contribution is 2.34. The van der Waals surface area contributed by atoms with E-state index in [0.717, 1.165) is 21.9 Å². The summed E-state index contributed by atoms with van der Waals surface area (Å²) in [6, 6.07) is 6.02. The maximum atomic E-state index is 5.83. The molecule has 0 amide bonds. The Morgan fingerprint density at radius 1 is 1.23 bits per heavy atom. The van der Waals surface area contributed by atoms with Crippen LogP contribution in [0.25, 0.3) is 10.9 Å². The summed E-state index contributed by atoms with van der Waals surface area (Å²) in [5.41, 5.74) is 9.03. The Balaban J connectivity index is 1.86. The Morgan fingerprint density at radius 3 is 2.82 bits per heavy atom. The van der Waals surface area contributed by atoms with Crippen molar-refractivity contribution in [2.24, 2.45) is 0 Å². The number of nitrogen functional groups attached to an aromatic ring is 1. The second kappa shape index (κ2) is 6.18. The van der Waals surface area contributed by atoms with Crippen molar-refractivity contribution in [3.8, 4) is 0 Å². The van der Waals surface area contributed by atoms with Crippen molar-refractivity contribution in [3.63, 3.8) is 0 Å². The maximum absolute atomic E-state index is 5.83. The molecule has 1 atom stereocenters. The molecule has 22 heavy (non-hydrogen) atoms. The minimum absolute atomic E-state index is 0.149. The van der Waals surface area contributed by atoms with Crippen molar-refractivity contribution in [2.75, 3.05) is 12.0 Å². The number of aryl methyl sites for hydroxylation is 1. The second-order valence-corrected chi connectivity index (χ2v) is 7.16. The SMILES string of the molecule is CSc1cc(N)nc(SC(C)c2cc3cc(C)[nH]c3cn2)n1. The number of nitrogens with one attached hydrogen (secondary N) is 1. The quantitative estimate of drug-likeness (QED) is 0.430. The summed E-state index contributed by atoms with van der Waals surface area (Å²) in [6.45, 7) is 4.14. The molecule has 5 nitrogen and oxygen atoms in total. The van der Waals surface area contributed by atoms with E-state index in [1.165, 1.54) is 5.39 Å². The first-order valence-corrected chi connectivity index (χ1v) is 8.96. The van der Waals surface area contributed by atoms with Gasteiger partial charge < -0.3 is 10.7 Å². The highest BCUT2D eigenvalue weighted by Gasteiger charge is 2.13. The van der Waals surface area contributed by atoms with E-state index in [0.29, 0.717) is 11.0 Å². The van der Waals surface area contributed by atoms with Gasteiger partial charge in [-0.15, -0.1) is 11.8 Å². The summed E-state index contributed by atoms with van der Waals surface area (Å²) in [4.78, 5) is 16.6. The summed E-state index contributed by atoms with van der Waals surface area (Å²) in [5, 5.41) is 2.89. The number of H-pyrrole nitrogens is 1. The lowest BCUT2D eigenvalue weighted by Crippen LogP contribution is -1.99. The number of hydrogen-bond donors (Lipinski definition) is 2. The van der Waals surface area contributed by atoms with Gasteiger partial charge in [0.2, 0.25) is 0 Å². The number of fused-ring (bicyclic) bond motifs is 1. The van der Waals surface area contributed by atoms with Crippen LogP contribution in [0.1, 0.15) is 23.6 Å². The molecule has 3 aromatic rings. The van der Waals surface area contributed by atoms with Gasteiger partial charge in [0.05, 0.1) is 22.7 Å². The molecule has 0 aliphatic carbocycles. The molecule has 3 heterocycles. The topological polar surface area (TPSA) is 80.5 Å². The fraction of sp³-hybridized carbons (Fsp3) is 0.267. The summed E-state index contributed by atoms with van der Waals surface area (Å²) >= 11 is 3.13. The number of nitrogens with two attached hydrogens (primary N) is 1. The molecule has 1 unspecified atom stereocenters. The molecule has 0 aliphatic rings. The zero-order valence-electron chi connectivity index (χ0n) is 12.6. The largest absolute Gasteiger partial charge is 0.384 e. The van der Waals surface area contributed by atoms with Gasteiger partial charge in [-0.05, 0) is 32.2 Å². The Kier molecular flexibility index (Phi) is 4.26. The van der Waals surface area contributed by atoms with Gasteiger partial charge in [-0.1, -0.05) is 11.8 Å². The summed E-state index contributed by atoms with van der Waals surface area (Å²) < 4.78 is 0. The number of rotatable bonds is 4. The van der Waals surface area contributed by atoms with Crippen molar-refractivity contribution < 1.29 is 0 Å². The van der Waals surface area contributed by atoms with Crippen LogP contribution in [-0.2, 0) is 0 Å². The van der Waals surface area contributed by atoms with Crippen LogP contribution in [0.5, 0.6) is 0 Å². The van der Waals surface area contributed by atoms with Crippen LogP contribution >= 0.6 is 23.5 Å². The van der Waals surface area contributed by atoms with E-state index in [1.807, 2.05) is 19.4 Å². The van der Waals surface area contributed by atoms with Crippen LogP contribution in [-0.4, -0.2) is 26.2 Å². The van der Waals surface area contributed by atoms with Crippen molar-refractivity contribution >= 4 is 40.2 Å². The van der Waals surface area contributed by atoms with E-state index in [1.54, 1.807) is 29.6 Å². The van der Waals surface area contributed by atoms with E-state index >= 15 is 0 Å². The van der Waals surface area contributed by atoms with Crippen LogP contribution in [0.3, 0.4) is 0 Å². The number of aromatic nitrogens is 4. The molecule has 0 bridgehead atoms. The second-order valence-electron chi connectivity index (χ2n) is 5.03. The predicted octanol–water partition coefficient (Wildman–Crippen LogP) is 3.82. The summed E-state index contributed by atoms with van der Waals surface area (Å²) in [6.07, 6.45) is 3.85. The molecule has 3 N–H and O–H groups in total. The molecule has 3 rings (SSSR count). The van der Waals surface area contributed by atoms with E-state index in [-0.39, 0.29) is 5.25 Å². The Morgan fingerprint density at radius 2 is 2.05 bits per heavy atom. The van der Waals surface area contributed by atoms with Crippen LogP contribution in [0, 0.1) is 6.92 Å². The number of pyridine rings is 1. The molecular formula is C15H17N5S2. The third-order valence-corrected chi connectivity index (χ3v) is 4.89. The Bertz CT molecular complexity index is 815. The maximum Gasteiger partial charge on any atom is 0.191 e. The van der Waals surface area contributed by atoms with Crippen molar-refractivity contribution in [3.05, 3.63) is 35.8 Å². The fourth-order valence-electron chi connectivity index (χ4n) is 2.21. The first-order valence-electron chi connectivity index (χ1n) is 6.85. The van der Waals surface area contributed by atoms with Gasteiger partial charge in [-0.25, -0.2) is 9.97 Å². The molecule has 0 aromatic carbocycles. The summed E-state index contributed by atoms with van der Waals surface area (Å²) in [7, 11) is 0. The van der Waals surface area contributed by atoms with E-state index in [4.69, 9.17) is 5.73 Å². The van der Waals surface area contributed by atoms with Crippen molar-refractivity contribution in [1.82, 2.24) is 19.9 Å². The number of hydrogen-bond acceptors (Lipinski definition) is 6. The van der Waals surface area contributed by atoms with E-state index in [9.17, 15) is 0 Å². The van der Waals surface area contributed by atoms with Crippen LogP contribution in [0.2, 0.25) is 0 Å². The van der Waals surface area contributed by atoms with Gasteiger partial charge in [0.15, 0.2) is 5.16 Å². The zero-order valence-corrected chi connectivity index (χ0v) is 14.3. The molecule has 0 fully saturated rings. The molecule has 0 saturated carbocycles. The lowest BCUT2D eigenvalue weighted by atomic mass is 10.2. The van der Waals surface area contributed by atoms with Crippen LogP contribution in [0.4, 0.5) is 5.82 Å². The van der Waals surface area contributed by atoms with Gasteiger partial charge in [0.1, 0.15) is 10.8 Å². The molecule has 114 valence electrons. The minimum Gasteiger partial charge on any atom is -0.384 e. The first-order chi connectivity index (χ1) is 10.5. The molecule has 3 aromatic heterocycles. The fourth-order valence-corrected chi connectivity index (χ4v) is 3.56. The average molecular weight is 331 g/mol. The standard InChI is InChI=1S/C15H17N5S2/c1-8-4-10-5-11(17-7-12(10)18-8)9(2)22-15-19-13(16)6-14(20-15)21-3/h4-7,9,18H,1-3H3,(H2,16,19,20). The number of nitrogens with zero attached hydrogens (tertiary/aromatic N) is 3. The molecule has 0 spiro atoms. The van der Waals surface area contributed by atoms with E-state index in [2.05, 4.69) is 39.0 Å². The highest BCUT2D eigenvalue weighted by atomic mass is 32.2. The van der Waals surface area contributed by atoms with Gasteiger partial charge in [0.25, 0.3) is 0 Å². The van der Waals surface area contributed by atoms with Gasteiger partial charge >= 0.3 is 0 Å². The van der Waals surface area contributed by atoms with Crippen LogP contribution < -0.4 is 5.73 Å². The molecule has 0 aliphatic heterocycles.